The van der Waals surface area contributed by atoms with E-state index in [1.807, 2.05) is 84.9 Å². The first-order chi connectivity index (χ1) is 21.3. The molecule has 4 rings (SSSR count). The molecule has 0 radical (unpaired) electrons. The molecule has 0 heterocycles. The molecule has 0 spiro atoms. The number of ether oxygens (including phenoxy) is 1. The van der Waals surface area contributed by atoms with Crippen molar-refractivity contribution in [3.8, 4) is 5.75 Å². The maximum Gasteiger partial charge on any atom is 0.243 e. The summed E-state index contributed by atoms with van der Waals surface area (Å²) in [5.41, 5.74) is 3.61. The summed E-state index contributed by atoms with van der Waals surface area (Å²) in [5.74, 6) is 0.321. The van der Waals surface area contributed by atoms with Crippen molar-refractivity contribution in [1.29, 1.82) is 0 Å². The Balaban J connectivity index is 1.56. The second-order valence-corrected chi connectivity index (χ2v) is 12.2. The number of nitrogens with zero attached hydrogens (tertiary/aromatic N) is 1. The summed E-state index contributed by atoms with van der Waals surface area (Å²) in [6.45, 7) is 2.60. The van der Waals surface area contributed by atoms with E-state index in [9.17, 15) is 18.0 Å². The first-order valence-corrected chi connectivity index (χ1v) is 16.1. The Kier molecular flexibility index (Phi) is 11.7. The van der Waals surface area contributed by atoms with Crippen LogP contribution in [0.4, 0.5) is 0 Å². The van der Waals surface area contributed by atoms with Crippen molar-refractivity contribution in [3.63, 3.8) is 0 Å². The summed E-state index contributed by atoms with van der Waals surface area (Å²) < 4.78 is 32.4. The number of benzene rings is 4. The lowest BCUT2D eigenvalue weighted by Crippen LogP contribution is -2.50. The Bertz CT molecular complexity index is 1590. The molecule has 0 fully saturated rings. The molecular weight excluding hydrogens is 574 g/mol. The molecular formula is C35H39N3O5S. The smallest absolute Gasteiger partial charge is 0.243 e. The van der Waals surface area contributed by atoms with Gasteiger partial charge in [-0.15, -0.1) is 0 Å². The third kappa shape index (κ3) is 9.26. The predicted octanol–water partition coefficient (Wildman–Crippen LogP) is 4.88. The Morgan fingerprint density at radius 1 is 0.773 bits per heavy atom. The number of nitrogens with one attached hydrogen (secondary N) is 2. The first-order valence-electron chi connectivity index (χ1n) is 14.7. The largest absolute Gasteiger partial charge is 0.497 e. The lowest BCUT2D eigenvalue weighted by molar-refractivity contribution is -0.141. The van der Waals surface area contributed by atoms with Crippen molar-refractivity contribution in [2.24, 2.45) is 0 Å². The summed E-state index contributed by atoms with van der Waals surface area (Å²) in [7, 11) is -1.96. The molecule has 44 heavy (non-hydrogen) atoms. The zero-order valence-electron chi connectivity index (χ0n) is 25.1. The van der Waals surface area contributed by atoms with E-state index in [1.165, 1.54) is 0 Å². The summed E-state index contributed by atoms with van der Waals surface area (Å²) in [5, 5.41) is 3.05. The molecule has 0 saturated carbocycles. The SMILES string of the molecule is CCNS(=O)(=O)c1ccc(CCC(=O)N(Cc2ccccc2)[C@@H](Cc2ccccc2)C(=O)NCc2ccc(OC)cc2)cc1. The van der Waals surface area contributed by atoms with Gasteiger partial charge in [0.15, 0.2) is 0 Å². The van der Waals surface area contributed by atoms with Crippen LogP contribution in [0.15, 0.2) is 114 Å². The molecule has 2 N–H and O–H groups in total. The van der Waals surface area contributed by atoms with Gasteiger partial charge in [-0.2, -0.15) is 0 Å². The Hall–Kier alpha value is -4.47. The number of hydrogen-bond donors (Lipinski definition) is 2. The van der Waals surface area contributed by atoms with Crippen molar-refractivity contribution in [3.05, 3.63) is 131 Å². The molecule has 0 saturated heterocycles. The van der Waals surface area contributed by atoms with Gasteiger partial charge in [0.2, 0.25) is 21.8 Å². The second-order valence-electron chi connectivity index (χ2n) is 10.4. The monoisotopic (exact) mass is 613 g/mol. The number of sulfonamides is 1. The average Bonchev–Trinajstić information content (AvgIpc) is 3.05. The van der Waals surface area contributed by atoms with Crippen LogP contribution in [-0.2, 0) is 45.5 Å². The van der Waals surface area contributed by atoms with Gasteiger partial charge in [-0.25, -0.2) is 13.1 Å². The van der Waals surface area contributed by atoms with Gasteiger partial charge in [0.25, 0.3) is 0 Å². The lowest BCUT2D eigenvalue weighted by Gasteiger charge is -2.31. The normalized spacial score (nSPS) is 11.9. The number of carbonyl (C=O) groups excluding carboxylic acids is 2. The van der Waals surface area contributed by atoms with Crippen LogP contribution >= 0.6 is 0 Å². The number of amides is 2. The van der Waals surface area contributed by atoms with Gasteiger partial charge in [0.05, 0.1) is 12.0 Å². The predicted molar refractivity (Wildman–Crippen MR) is 171 cm³/mol. The third-order valence-corrected chi connectivity index (χ3v) is 8.85. The number of methoxy groups -OCH3 is 1. The van der Waals surface area contributed by atoms with E-state index in [2.05, 4.69) is 10.0 Å². The van der Waals surface area contributed by atoms with Gasteiger partial charge in [0.1, 0.15) is 11.8 Å². The molecule has 9 heteroatoms. The molecule has 0 aliphatic heterocycles. The fraction of sp³-hybridized carbons (Fsp3) is 0.257. The Labute approximate surface area is 260 Å². The van der Waals surface area contributed by atoms with Crippen LogP contribution in [0, 0.1) is 0 Å². The highest BCUT2D eigenvalue weighted by Gasteiger charge is 2.30. The van der Waals surface area contributed by atoms with E-state index >= 15 is 0 Å². The minimum absolute atomic E-state index is 0.156. The lowest BCUT2D eigenvalue weighted by atomic mass is 10.0. The standard InChI is InChI=1S/C35H39N3O5S/c1-3-37-44(41,42)32-21-16-27(17-22-32)18-23-34(39)38(26-30-12-8-5-9-13-30)33(24-28-10-6-4-7-11-28)35(40)36-25-29-14-19-31(43-2)20-15-29/h4-17,19-22,33,37H,3,18,23-26H2,1-2H3,(H,36,40)/t33-/m0/s1. The van der Waals surface area contributed by atoms with Crippen LogP contribution < -0.4 is 14.8 Å². The maximum absolute atomic E-state index is 13.9. The highest BCUT2D eigenvalue weighted by Crippen LogP contribution is 2.19. The fourth-order valence-electron chi connectivity index (χ4n) is 4.89. The van der Waals surface area contributed by atoms with E-state index in [0.29, 0.717) is 25.9 Å². The van der Waals surface area contributed by atoms with E-state index in [-0.39, 0.29) is 29.7 Å². The molecule has 0 aromatic heterocycles. The van der Waals surface area contributed by atoms with Crippen LogP contribution in [0.2, 0.25) is 0 Å². The van der Waals surface area contributed by atoms with Gasteiger partial charge in [-0.1, -0.05) is 91.9 Å². The number of rotatable bonds is 15. The van der Waals surface area contributed by atoms with E-state index in [1.54, 1.807) is 43.2 Å². The number of aryl methyl sites for hydroxylation is 1. The fourth-order valence-corrected chi connectivity index (χ4v) is 5.93. The quantitative estimate of drug-likeness (QED) is 0.199. The summed E-state index contributed by atoms with van der Waals surface area (Å²) in [4.78, 5) is 29.6. The summed E-state index contributed by atoms with van der Waals surface area (Å²) >= 11 is 0. The van der Waals surface area contributed by atoms with Gasteiger partial charge in [0, 0.05) is 32.5 Å². The summed E-state index contributed by atoms with van der Waals surface area (Å²) in [6, 6.07) is 32.6. The van der Waals surface area contributed by atoms with Crippen molar-refractivity contribution < 1.29 is 22.7 Å². The van der Waals surface area contributed by atoms with Gasteiger partial charge in [-0.05, 0) is 52.9 Å². The molecule has 2 amide bonds. The Morgan fingerprint density at radius 3 is 1.95 bits per heavy atom. The third-order valence-electron chi connectivity index (χ3n) is 7.29. The van der Waals surface area contributed by atoms with Crippen molar-refractivity contribution in [1.82, 2.24) is 14.9 Å². The number of hydrogen-bond acceptors (Lipinski definition) is 5. The maximum atomic E-state index is 13.9. The first kappa shape index (κ1) is 32.4. The van der Waals surface area contributed by atoms with Crippen LogP contribution in [0.3, 0.4) is 0 Å². The topological polar surface area (TPSA) is 105 Å². The van der Waals surface area contributed by atoms with Crippen LogP contribution in [-0.4, -0.2) is 44.8 Å². The molecule has 0 bridgehead atoms. The Morgan fingerprint density at radius 2 is 1.36 bits per heavy atom. The summed E-state index contributed by atoms with van der Waals surface area (Å²) in [6.07, 6.45) is 0.908. The number of carbonyl (C=O) groups is 2. The molecule has 230 valence electrons. The molecule has 0 aliphatic carbocycles. The molecule has 8 nitrogen and oxygen atoms in total. The van der Waals surface area contributed by atoms with Crippen LogP contribution in [0.5, 0.6) is 5.75 Å². The average molecular weight is 614 g/mol. The van der Waals surface area contributed by atoms with Crippen LogP contribution in [0.25, 0.3) is 0 Å². The second kappa shape index (κ2) is 15.8. The zero-order valence-corrected chi connectivity index (χ0v) is 25.9. The molecule has 4 aromatic carbocycles. The highest BCUT2D eigenvalue weighted by molar-refractivity contribution is 7.89. The van der Waals surface area contributed by atoms with E-state index < -0.39 is 16.1 Å². The van der Waals surface area contributed by atoms with Crippen LogP contribution in [0.1, 0.15) is 35.6 Å². The van der Waals surface area contributed by atoms with Crippen molar-refractivity contribution in [2.75, 3.05) is 13.7 Å². The van der Waals surface area contributed by atoms with Gasteiger partial charge in [-0.3, -0.25) is 9.59 Å². The minimum atomic E-state index is -3.56. The van der Waals surface area contributed by atoms with Gasteiger partial charge < -0.3 is 15.0 Å². The molecule has 0 unspecified atom stereocenters. The van der Waals surface area contributed by atoms with E-state index in [4.69, 9.17) is 4.74 Å². The minimum Gasteiger partial charge on any atom is -0.497 e. The molecule has 4 aromatic rings. The van der Waals surface area contributed by atoms with Gasteiger partial charge >= 0.3 is 0 Å². The molecule has 1 atom stereocenters. The zero-order chi connectivity index (χ0) is 31.4. The van der Waals surface area contributed by atoms with Crippen molar-refractivity contribution >= 4 is 21.8 Å². The highest BCUT2D eigenvalue weighted by atomic mass is 32.2. The van der Waals surface area contributed by atoms with E-state index in [0.717, 1.165) is 28.0 Å². The molecule has 0 aliphatic rings. The van der Waals surface area contributed by atoms with Crippen molar-refractivity contribution in [2.45, 2.75) is 50.2 Å².